The molecule has 1 heterocycles. The molecule has 1 fully saturated rings. The maximum Gasteiger partial charge on any atom is 0.164 e. The summed E-state index contributed by atoms with van der Waals surface area (Å²) in [7, 11) is -1.35. The molecule has 3 atom stereocenters. The van der Waals surface area contributed by atoms with Crippen molar-refractivity contribution in [3.8, 4) is 11.5 Å². The fourth-order valence-electron chi connectivity index (χ4n) is 2.49. The van der Waals surface area contributed by atoms with Gasteiger partial charge in [0.15, 0.2) is 6.29 Å². The molecule has 1 aliphatic rings. The Morgan fingerprint density at radius 1 is 1.05 bits per heavy atom. The second-order valence-electron chi connectivity index (χ2n) is 8.69. The number of hydrogen-bond donors (Lipinski definition) is 0. The van der Waals surface area contributed by atoms with Crippen molar-refractivity contribution in [2.24, 2.45) is 5.41 Å². The monoisotopic (exact) mass is 324 g/mol. The van der Waals surface area contributed by atoms with E-state index in [1.165, 1.54) is 25.7 Å². The van der Waals surface area contributed by atoms with Gasteiger partial charge in [-0.1, -0.05) is 78.9 Å². The maximum atomic E-state index is 6.21. The van der Waals surface area contributed by atoms with Crippen LogP contribution in [0, 0.1) is 16.9 Å². The molecule has 0 aromatic carbocycles. The van der Waals surface area contributed by atoms with Gasteiger partial charge in [0.25, 0.3) is 0 Å². The van der Waals surface area contributed by atoms with Crippen LogP contribution in [0.25, 0.3) is 0 Å². The van der Waals surface area contributed by atoms with Gasteiger partial charge >= 0.3 is 0 Å². The summed E-state index contributed by atoms with van der Waals surface area (Å²) in [6.07, 6.45) is 7.44. The lowest BCUT2D eigenvalue weighted by Crippen LogP contribution is -2.44. The molecule has 0 amide bonds. The van der Waals surface area contributed by atoms with E-state index in [0.717, 1.165) is 12.8 Å². The van der Waals surface area contributed by atoms with Crippen LogP contribution in [-0.4, -0.2) is 26.6 Å². The van der Waals surface area contributed by atoms with E-state index >= 15 is 0 Å². The highest BCUT2D eigenvalue weighted by Crippen LogP contribution is 2.32. The first kappa shape index (κ1) is 19.7. The van der Waals surface area contributed by atoms with Gasteiger partial charge in [-0.05, 0) is 6.42 Å². The van der Waals surface area contributed by atoms with Crippen LogP contribution in [0.5, 0.6) is 0 Å². The van der Waals surface area contributed by atoms with Crippen molar-refractivity contribution in [1.29, 1.82) is 0 Å². The van der Waals surface area contributed by atoms with E-state index in [0.29, 0.717) is 6.10 Å². The highest BCUT2D eigenvalue weighted by Gasteiger charge is 2.36. The Morgan fingerprint density at radius 2 is 1.73 bits per heavy atom. The summed E-state index contributed by atoms with van der Waals surface area (Å²) in [5.74, 6) is 3.40. The van der Waals surface area contributed by atoms with Crippen LogP contribution in [0.15, 0.2) is 0 Å². The van der Waals surface area contributed by atoms with Gasteiger partial charge in [0.2, 0.25) is 0 Å². The molecule has 0 aromatic heterocycles. The molecular weight excluding hydrogens is 288 g/mol. The summed E-state index contributed by atoms with van der Waals surface area (Å²) in [6, 6.07) is 0. The molecule has 0 unspecified atom stereocenters. The van der Waals surface area contributed by atoms with E-state index in [2.05, 4.69) is 58.8 Å². The summed E-state index contributed by atoms with van der Waals surface area (Å²) in [6.45, 7) is 15.6. The smallest absolute Gasteiger partial charge is 0.164 e. The Hall–Kier alpha value is -0.303. The molecule has 1 saturated heterocycles. The Bertz CT molecular complexity index is 381. The standard InChI is InChI=1S/C19H36O2Si/c1-8-9-10-11-12-16-15-17(13-14-22(5,6)7)21-18(20-16)19(2,3)4/h16-18H,8-12,15H2,1-7H3/t16-,17-,18-/m0/s1. The zero-order chi connectivity index (χ0) is 16.8. The normalized spacial score (nSPS) is 26.4. The summed E-state index contributed by atoms with van der Waals surface area (Å²) >= 11 is 0. The number of unbranched alkanes of at least 4 members (excludes halogenated alkanes) is 3. The second-order valence-corrected chi connectivity index (χ2v) is 13.4. The van der Waals surface area contributed by atoms with Gasteiger partial charge in [-0.2, -0.15) is 0 Å². The van der Waals surface area contributed by atoms with Gasteiger partial charge in [-0.3, -0.25) is 0 Å². The van der Waals surface area contributed by atoms with Gasteiger partial charge in [0, 0.05) is 11.8 Å². The molecule has 1 aliphatic heterocycles. The van der Waals surface area contributed by atoms with Crippen molar-refractivity contribution in [3.63, 3.8) is 0 Å². The Kier molecular flexibility index (Phi) is 7.65. The summed E-state index contributed by atoms with van der Waals surface area (Å²) < 4.78 is 12.3. The van der Waals surface area contributed by atoms with Crippen molar-refractivity contribution >= 4 is 8.07 Å². The predicted molar refractivity (Wildman–Crippen MR) is 97.5 cm³/mol. The lowest BCUT2D eigenvalue weighted by molar-refractivity contribution is -0.268. The molecule has 0 radical (unpaired) electrons. The summed E-state index contributed by atoms with van der Waals surface area (Å²) in [4.78, 5) is 0. The van der Waals surface area contributed by atoms with E-state index in [1.54, 1.807) is 0 Å². The molecule has 1 rings (SSSR count). The zero-order valence-corrected chi connectivity index (χ0v) is 16.8. The van der Waals surface area contributed by atoms with E-state index in [4.69, 9.17) is 9.47 Å². The van der Waals surface area contributed by atoms with Crippen LogP contribution in [0.4, 0.5) is 0 Å². The average molecular weight is 325 g/mol. The van der Waals surface area contributed by atoms with Gasteiger partial charge in [-0.15, -0.1) is 5.54 Å². The minimum atomic E-state index is -1.35. The molecule has 128 valence electrons. The van der Waals surface area contributed by atoms with Crippen LogP contribution in [0.3, 0.4) is 0 Å². The van der Waals surface area contributed by atoms with Crippen LogP contribution in [0.2, 0.25) is 19.6 Å². The minimum Gasteiger partial charge on any atom is -0.349 e. The predicted octanol–water partition coefficient (Wildman–Crippen LogP) is 5.38. The van der Waals surface area contributed by atoms with Crippen LogP contribution in [-0.2, 0) is 9.47 Å². The molecule has 0 saturated carbocycles. The van der Waals surface area contributed by atoms with Crippen molar-refractivity contribution < 1.29 is 9.47 Å². The van der Waals surface area contributed by atoms with Gasteiger partial charge < -0.3 is 9.47 Å². The lowest BCUT2D eigenvalue weighted by Gasteiger charge is -2.40. The number of ether oxygens (including phenoxy) is 2. The molecular formula is C19H36O2Si. The molecule has 0 aromatic rings. The first-order valence-corrected chi connectivity index (χ1v) is 12.5. The van der Waals surface area contributed by atoms with Gasteiger partial charge in [0.05, 0.1) is 6.10 Å². The highest BCUT2D eigenvalue weighted by molar-refractivity contribution is 6.83. The van der Waals surface area contributed by atoms with Crippen LogP contribution >= 0.6 is 0 Å². The van der Waals surface area contributed by atoms with Crippen LogP contribution < -0.4 is 0 Å². The van der Waals surface area contributed by atoms with Crippen molar-refractivity contribution in [3.05, 3.63) is 0 Å². The van der Waals surface area contributed by atoms with Gasteiger partial charge in [0.1, 0.15) is 14.2 Å². The van der Waals surface area contributed by atoms with E-state index in [1.807, 2.05) is 0 Å². The summed E-state index contributed by atoms with van der Waals surface area (Å²) in [5, 5.41) is 0. The third-order valence-corrected chi connectivity index (χ3v) is 4.67. The van der Waals surface area contributed by atoms with Crippen LogP contribution in [0.1, 0.15) is 66.2 Å². The lowest BCUT2D eigenvalue weighted by atomic mass is 9.93. The fourth-order valence-corrected chi connectivity index (χ4v) is 3.08. The molecule has 3 heteroatoms. The highest BCUT2D eigenvalue weighted by atomic mass is 28.3. The largest absolute Gasteiger partial charge is 0.349 e. The molecule has 0 spiro atoms. The second kappa shape index (κ2) is 8.52. The zero-order valence-electron chi connectivity index (χ0n) is 15.8. The number of rotatable bonds is 5. The topological polar surface area (TPSA) is 18.5 Å². The van der Waals surface area contributed by atoms with Crippen molar-refractivity contribution in [2.75, 3.05) is 0 Å². The Balaban J connectivity index is 2.67. The molecule has 22 heavy (non-hydrogen) atoms. The Morgan fingerprint density at radius 3 is 2.27 bits per heavy atom. The molecule has 0 bridgehead atoms. The van der Waals surface area contributed by atoms with E-state index < -0.39 is 8.07 Å². The molecule has 0 aliphatic carbocycles. The molecule has 0 N–H and O–H groups in total. The van der Waals surface area contributed by atoms with E-state index in [-0.39, 0.29) is 17.8 Å². The van der Waals surface area contributed by atoms with Gasteiger partial charge in [-0.25, -0.2) is 0 Å². The quantitative estimate of drug-likeness (QED) is 0.384. The summed E-state index contributed by atoms with van der Waals surface area (Å²) in [5.41, 5.74) is 3.47. The van der Waals surface area contributed by atoms with Crippen molar-refractivity contribution in [1.82, 2.24) is 0 Å². The SMILES string of the molecule is CCCCCC[C@H]1C[C@H](C#C[Si](C)(C)C)O[C@@H](C(C)(C)C)O1. The third-order valence-electron chi connectivity index (χ3n) is 3.78. The minimum absolute atomic E-state index is 0.00117. The van der Waals surface area contributed by atoms with E-state index in [9.17, 15) is 0 Å². The van der Waals surface area contributed by atoms with Crippen molar-refractivity contribution in [2.45, 2.75) is 104 Å². The first-order valence-electron chi connectivity index (χ1n) is 8.95. The number of hydrogen-bond acceptors (Lipinski definition) is 2. The maximum absolute atomic E-state index is 6.21. The Labute approximate surface area is 139 Å². The fraction of sp³-hybridized carbons (Fsp3) is 0.895. The third kappa shape index (κ3) is 7.81. The molecule has 2 nitrogen and oxygen atoms in total. The average Bonchev–Trinajstić information content (AvgIpc) is 2.39. The first-order chi connectivity index (χ1) is 10.1.